The number of hydrogen-bond donors (Lipinski definition) is 2. The summed E-state index contributed by atoms with van der Waals surface area (Å²) >= 11 is 0. The maximum Gasteiger partial charge on any atom is 0.122 e. The Morgan fingerprint density at radius 3 is 2.29 bits per heavy atom. The van der Waals surface area contributed by atoms with Crippen molar-refractivity contribution < 1.29 is 5.11 Å². The van der Waals surface area contributed by atoms with Crippen LogP contribution in [0.4, 0.5) is 0 Å². The van der Waals surface area contributed by atoms with Crippen molar-refractivity contribution in [2.45, 2.75) is 47.2 Å². The van der Waals surface area contributed by atoms with Gasteiger partial charge in [0.15, 0.2) is 0 Å². The summed E-state index contributed by atoms with van der Waals surface area (Å²) in [7, 11) is 0. The second-order valence-corrected chi connectivity index (χ2v) is 6.34. The molecule has 1 aliphatic carbocycles. The molecule has 0 saturated heterocycles. The van der Waals surface area contributed by atoms with Gasteiger partial charge in [0.05, 0.1) is 0 Å². The van der Waals surface area contributed by atoms with Crippen molar-refractivity contribution in [1.82, 2.24) is 5.32 Å². The van der Waals surface area contributed by atoms with E-state index in [-0.39, 0.29) is 0 Å². The maximum absolute atomic E-state index is 9.95. The molecule has 2 nitrogen and oxygen atoms in total. The molecule has 1 aromatic carbocycles. The van der Waals surface area contributed by atoms with Gasteiger partial charge in [-0.3, -0.25) is 0 Å². The number of nitrogens with one attached hydrogen (secondary N) is 1. The van der Waals surface area contributed by atoms with Crippen LogP contribution in [0.15, 0.2) is 18.2 Å². The normalized spacial score (nSPS) is 21.5. The van der Waals surface area contributed by atoms with Gasteiger partial charge in [0.1, 0.15) is 5.75 Å². The molecular formula is C15H23NO. The molecule has 0 spiro atoms. The van der Waals surface area contributed by atoms with Gasteiger partial charge >= 0.3 is 0 Å². The molecule has 0 radical (unpaired) electrons. The highest BCUT2D eigenvalue weighted by atomic mass is 16.3. The molecule has 1 aromatic rings. The number of para-hydroxylation sites is 1. The lowest BCUT2D eigenvalue weighted by atomic mass is 10.0. The predicted octanol–water partition coefficient (Wildman–Crippen LogP) is 3.22. The van der Waals surface area contributed by atoms with Gasteiger partial charge in [-0.1, -0.05) is 45.9 Å². The van der Waals surface area contributed by atoms with E-state index in [1.165, 1.54) is 0 Å². The van der Waals surface area contributed by atoms with Gasteiger partial charge in [-0.25, -0.2) is 0 Å². The number of rotatable bonds is 3. The van der Waals surface area contributed by atoms with Crippen LogP contribution in [0.5, 0.6) is 5.75 Å². The minimum absolute atomic E-state index is 0.340. The average molecular weight is 233 g/mol. The number of phenolic OH excluding ortho intramolecular Hbond substituents is 1. The molecule has 0 heterocycles. The number of hydrogen-bond acceptors (Lipinski definition) is 2. The lowest BCUT2D eigenvalue weighted by molar-refractivity contribution is 0.457. The van der Waals surface area contributed by atoms with E-state index < -0.39 is 0 Å². The van der Waals surface area contributed by atoms with E-state index in [2.05, 4.69) is 33.0 Å². The zero-order valence-corrected chi connectivity index (χ0v) is 11.5. The summed E-state index contributed by atoms with van der Waals surface area (Å²) in [6, 6.07) is 6.44. The number of aromatic hydroxyl groups is 1. The van der Waals surface area contributed by atoms with Crippen LogP contribution < -0.4 is 5.32 Å². The Balaban J connectivity index is 2.03. The quantitative estimate of drug-likeness (QED) is 0.840. The van der Waals surface area contributed by atoms with Crippen LogP contribution in [0.1, 0.15) is 38.8 Å². The first-order valence-corrected chi connectivity index (χ1v) is 6.29. The predicted molar refractivity (Wildman–Crippen MR) is 71.0 cm³/mol. The topological polar surface area (TPSA) is 32.3 Å². The van der Waals surface area contributed by atoms with Gasteiger partial charge in [0.25, 0.3) is 0 Å². The fourth-order valence-corrected chi connectivity index (χ4v) is 2.78. The summed E-state index contributed by atoms with van der Waals surface area (Å²) < 4.78 is 0. The van der Waals surface area contributed by atoms with Gasteiger partial charge in [-0.15, -0.1) is 0 Å². The van der Waals surface area contributed by atoms with E-state index in [0.717, 1.165) is 17.7 Å². The summed E-state index contributed by atoms with van der Waals surface area (Å²) in [5, 5.41) is 13.5. The van der Waals surface area contributed by atoms with Crippen LogP contribution in [0.25, 0.3) is 0 Å². The van der Waals surface area contributed by atoms with Crippen molar-refractivity contribution in [2.24, 2.45) is 10.8 Å². The molecule has 0 aliphatic heterocycles. The summed E-state index contributed by atoms with van der Waals surface area (Å²) in [6.45, 7) is 11.8. The second-order valence-electron chi connectivity index (χ2n) is 6.34. The summed E-state index contributed by atoms with van der Waals surface area (Å²) in [6.07, 6.45) is 0. The van der Waals surface area contributed by atoms with E-state index in [9.17, 15) is 5.11 Å². The number of aryl methyl sites for hydroxylation is 1. The summed E-state index contributed by atoms with van der Waals surface area (Å²) in [5.41, 5.74) is 2.61. The van der Waals surface area contributed by atoms with Crippen LogP contribution in [0.3, 0.4) is 0 Å². The first kappa shape index (κ1) is 12.4. The van der Waals surface area contributed by atoms with Gasteiger partial charge in [-0.05, 0) is 23.3 Å². The van der Waals surface area contributed by atoms with Crippen LogP contribution >= 0.6 is 0 Å². The van der Waals surface area contributed by atoms with E-state index >= 15 is 0 Å². The molecule has 17 heavy (non-hydrogen) atoms. The Hall–Kier alpha value is -1.02. The molecule has 0 unspecified atom stereocenters. The molecule has 0 bridgehead atoms. The van der Waals surface area contributed by atoms with Crippen molar-refractivity contribution in [3.63, 3.8) is 0 Å². The monoisotopic (exact) mass is 233 g/mol. The fraction of sp³-hybridized carbons (Fsp3) is 0.600. The van der Waals surface area contributed by atoms with E-state index in [0.29, 0.717) is 22.6 Å². The fourth-order valence-electron chi connectivity index (χ4n) is 2.78. The molecule has 0 amide bonds. The molecule has 1 saturated carbocycles. The Morgan fingerprint density at radius 2 is 1.76 bits per heavy atom. The molecule has 2 heteroatoms. The second kappa shape index (κ2) is 3.74. The lowest BCUT2D eigenvalue weighted by Crippen LogP contribution is -2.21. The molecule has 1 fully saturated rings. The van der Waals surface area contributed by atoms with E-state index in [1.807, 2.05) is 25.1 Å². The molecule has 94 valence electrons. The maximum atomic E-state index is 9.95. The van der Waals surface area contributed by atoms with Crippen LogP contribution in [-0.2, 0) is 6.54 Å². The van der Waals surface area contributed by atoms with Gasteiger partial charge in [-0.2, -0.15) is 0 Å². The highest BCUT2D eigenvalue weighted by molar-refractivity contribution is 5.39. The van der Waals surface area contributed by atoms with Crippen molar-refractivity contribution >= 4 is 0 Å². The third-order valence-electron chi connectivity index (χ3n) is 4.84. The number of phenols is 1. The van der Waals surface area contributed by atoms with Crippen LogP contribution in [0.2, 0.25) is 0 Å². The highest BCUT2D eigenvalue weighted by Crippen LogP contribution is 2.62. The summed E-state index contributed by atoms with van der Waals surface area (Å²) in [4.78, 5) is 0. The zero-order valence-electron chi connectivity index (χ0n) is 11.5. The highest BCUT2D eigenvalue weighted by Gasteiger charge is 2.64. The molecular weight excluding hydrogens is 210 g/mol. The average Bonchev–Trinajstić information content (AvgIpc) is 2.61. The molecule has 0 aromatic heterocycles. The first-order chi connectivity index (χ1) is 7.78. The largest absolute Gasteiger partial charge is 0.507 e. The lowest BCUT2D eigenvalue weighted by Gasteiger charge is -2.09. The molecule has 2 N–H and O–H groups in total. The van der Waals surface area contributed by atoms with Crippen molar-refractivity contribution in [3.05, 3.63) is 29.3 Å². The van der Waals surface area contributed by atoms with E-state index in [1.54, 1.807) is 0 Å². The molecule has 0 atom stereocenters. The SMILES string of the molecule is Cc1cccc(CNC2C(C)(C)C2(C)C)c1O. The van der Waals surface area contributed by atoms with Gasteiger partial charge in [0.2, 0.25) is 0 Å². The molecule has 1 aliphatic rings. The Bertz CT molecular complexity index is 421. The number of benzene rings is 1. The van der Waals surface area contributed by atoms with Crippen LogP contribution in [-0.4, -0.2) is 11.1 Å². The van der Waals surface area contributed by atoms with Gasteiger partial charge < -0.3 is 10.4 Å². The Labute approximate surface area is 104 Å². The standard InChI is InChI=1S/C15H23NO/c1-10-7-6-8-11(12(10)17)9-16-13-14(2,3)15(13,4)5/h6-8,13,16-17H,9H2,1-5H3. The van der Waals surface area contributed by atoms with E-state index in [4.69, 9.17) is 0 Å². The smallest absolute Gasteiger partial charge is 0.122 e. The zero-order chi connectivity index (χ0) is 12.8. The Kier molecular flexibility index (Phi) is 2.74. The Morgan fingerprint density at radius 1 is 1.18 bits per heavy atom. The minimum atomic E-state index is 0.340. The van der Waals surface area contributed by atoms with Crippen molar-refractivity contribution in [1.29, 1.82) is 0 Å². The first-order valence-electron chi connectivity index (χ1n) is 6.29. The third kappa shape index (κ3) is 1.85. The van der Waals surface area contributed by atoms with Crippen molar-refractivity contribution in [3.8, 4) is 5.75 Å². The van der Waals surface area contributed by atoms with Crippen LogP contribution in [0, 0.1) is 17.8 Å². The summed E-state index contributed by atoms with van der Waals surface area (Å²) in [5.74, 6) is 0.427. The van der Waals surface area contributed by atoms with Crippen molar-refractivity contribution in [2.75, 3.05) is 0 Å². The third-order valence-corrected chi connectivity index (χ3v) is 4.84. The van der Waals surface area contributed by atoms with Gasteiger partial charge in [0, 0.05) is 18.2 Å². The minimum Gasteiger partial charge on any atom is -0.507 e. The molecule has 2 rings (SSSR count).